The highest BCUT2D eigenvalue weighted by Crippen LogP contribution is 2.25. The molecule has 3 heteroatoms. The Kier molecular flexibility index (Phi) is 3.59. The molecule has 1 aliphatic heterocycles. The molecule has 1 fully saturated rings. The van der Waals surface area contributed by atoms with Gasteiger partial charge in [-0.15, -0.1) is 0 Å². The van der Waals surface area contributed by atoms with E-state index in [1.807, 2.05) is 12.2 Å². The van der Waals surface area contributed by atoms with Crippen LogP contribution in [-0.2, 0) is 0 Å². The first-order valence-electron chi connectivity index (χ1n) is 7.30. The summed E-state index contributed by atoms with van der Waals surface area (Å²) in [6.45, 7) is 5.97. The number of benzene rings is 1. The van der Waals surface area contributed by atoms with E-state index >= 15 is 0 Å². The molecule has 1 aromatic carbocycles. The molecule has 0 atom stereocenters. The van der Waals surface area contributed by atoms with Crippen LogP contribution >= 0.6 is 0 Å². The molecule has 0 spiro atoms. The molecule has 3 nitrogen and oxygen atoms in total. The van der Waals surface area contributed by atoms with Crippen LogP contribution in [0, 0.1) is 6.92 Å². The lowest BCUT2D eigenvalue weighted by Crippen LogP contribution is -2.16. The van der Waals surface area contributed by atoms with E-state index in [0.29, 0.717) is 6.04 Å². The number of aryl methyl sites for hydroxylation is 1. The second-order valence-electron chi connectivity index (χ2n) is 5.62. The molecule has 0 saturated heterocycles. The lowest BCUT2D eigenvalue weighted by molar-refractivity contribution is 0.754. The molecular weight excluding hydrogens is 246 g/mol. The van der Waals surface area contributed by atoms with Crippen LogP contribution in [0.1, 0.15) is 36.8 Å². The Morgan fingerprint density at radius 1 is 1.25 bits per heavy atom. The SMILES string of the molecule is C=C1C=CC(c2ccc(NC3CCCC3)c(C)c2)=NN1. The zero-order valence-electron chi connectivity index (χ0n) is 11.9. The molecule has 3 rings (SSSR count). The van der Waals surface area contributed by atoms with Crippen molar-refractivity contribution in [2.75, 3.05) is 5.32 Å². The van der Waals surface area contributed by atoms with Gasteiger partial charge in [0.15, 0.2) is 0 Å². The fourth-order valence-electron chi connectivity index (χ4n) is 2.82. The number of anilines is 1. The summed E-state index contributed by atoms with van der Waals surface area (Å²) in [4.78, 5) is 0. The number of nitrogens with one attached hydrogen (secondary N) is 2. The number of hydrogen-bond donors (Lipinski definition) is 2. The lowest BCUT2D eigenvalue weighted by Gasteiger charge is -2.17. The summed E-state index contributed by atoms with van der Waals surface area (Å²) in [6.07, 6.45) is 9.24. The summed E-state index contributed by atoms with van der Waals surface area (Å²) < 4.78 is 0. The Morgan fingerprint density at radius 2 is 2.05 bits per heavy atom. The summed E-state index contributed by atoms with van der Waals surface area (Å²) in [7, 11) is 0. The molecule has 1 aromatic rings. The van der Waals surface area contributed by atoms with Gasteiger partial charge in [0.2, 0.25) is 0 Å². The number of allylic oxidation sites excluding steroid dienone is 2. The zero-order valence-corrected chi connectivity index (χ0v) is 11.9. The molecular formula is C17H21N3. The second kappa shape index (κ2) is 5.53. The third kappa shape index (κ3) is 2.77. The summed E-state index contributed by atoms with van der Waals surface area (Å²) >= 11 is 0. The third-order valence-electron chi connectivity index (χ3n) is 4.00. The van der Waals surface area contributed by atoms with Crippen LogP contribution in [-0.4, -0.2) is 11.8 Å². The molecule has 2 N–H and O–H groups in total. The van der Waals surface area contributed by atoms with Crippen molar-refractivity contribution in [3.05, 3.63) is 53.8 Å². The van der Waals surface area contributed by atoms with Gasteiger partial charge >= 0.3 is 0 Å². The molecule has 2 aliphatic rings. The maximum atomic E-state index is 4.31. The number of hydrazone groups is 1. The maximum absolute atomic E-state index is 4.31. The Hall–Kier alpha value is -2.03. The van der Waals surface area contributed by atoms with E-state index in [9.17, 15) is 0 Å². The topological polar surface area (TPSA) is 36.4 Å². The van der Waals surface area contributed by atoms with Crippen molar-refractivity contribution in [2.24, 2.45) is 5.10 Å². The average Bonchev–Trinajstić information content (AvgIpc) is 2.95. The van der Waals surface area contributed by atoms with Gasteiger partial charge in [-0.3, -0.25) is 5.43 Å². The number of nitrogens with zero attached hydrogens (tertiary/aromatic N) is 1. The molecule has 1 aliphatic carbocycles. The fraction of sp³-hybridized carbons (Fsp3) is 0.353. The Balaban J connectivity index is 1.77. The highest BCUT2D eigenvalue weighted by atomic mass is 15.3. The first-order chi connectivity index (χ1) is 9.72. The van der Waals surface area contributed by atoms with Crippen molar-refractivity contribution in [3.8, 4) is 0 Å². The molecule has 0 amide bonds. The number of hydrogen-bond acceptors (Lipinski definition) is 3. The molecule has 1 heterocycles. The van der Waals surface area contributed by atoms with Crippen molar-refractivity contribution in [3.63, 3.8) is 0 Å². The van der Waals surface area contributed by atoms with E-state index in [1.54, 1.807) is 0 Å². The molecule has 0 unspecified atom stereocenters. The van der Waals surface area contributed by atoms with E-state index < -0.39 is 0 Å². The van der Waals surface area contributed by atoms with E-state index in [-0.39, 0.29) is 0 Å². The van der Waals surface area contributed by atoms with E-state index in [0.717, 1.165) is 17.0 Å². The van der Waals surface area contributed by atoms with Gasteiger partial charge in [-0.1, -0.05) is 25.5 Å². The summed E-state index contributed by atoms with van der Waals surface area (Å²) in [5.74, 6) is 0. The van der Waals surface area contributed by atoms with Gasteiger partial charge in [0.05, 0.1) is 5.71 Å². The summed E-state index contributed by atoms with van der Waals surface area (Å²) in [5, 5.41) is 7.97. The summed E-state index contributed by atoms with van der Waals surface area (Å²) in [6, 6.07) is 7.14. The van der Waals surface area contributed by atoms with Gasteiger partial charge in [0.25, 0.3) is 0 Å². The number of rotatable bonds is 3. The van der Waals surface area contributed by atoms with Crippen molar-refractivity contribution >= 4 is 11.4 Å². The summed E-state index contributed by atoms with van der Waals surface area (Å²) in [5.41, 5.74) is 8.35. The standard InChI is InChI=1S/C17H21N3/c1-12-11-14(17-9-7-13(2)19-20-17)8-10-16(12)18-15-5-3-4-6-15/h7-11,15,18-19H,2-6H2,1H3. The van der Waals surface area contributed by atoms with Gasteiger partial charge in [0, 0.05) is 23.0 Å². The minimum Gasteiger partial charge on any atom is -0.382 e. The molecule has 20 heavy (non-hydrogen) atoms. The van der Waals surface area contributed by atoms with E-state index in [4.69, 9.17) is 0 Å². The van der Waals surface area contributed by atoms with Crippen molar-refractivity contribution in [2.45, 2.75) is 38.6 Å². The second-order valence-corrected chi connectivity index (χ2v) is 5.62. The van der Waals surface area contributed by atoms with Crippen LogP contribution in [0.5, 0.6) is 0 Å². The molecule has 0 radical (unpaired) electrons. The van der Waals surface area contributed by atoms with Gasteiger partial charge in [0.1, 0.15) is 0 Å². The maximum Gasteiger partial charge on any atom is 0.0906 e. The van der Waals surface area contributed by atoms with Crippen LogP contribution in [0.4, 0.5) is 5.69 Å². The third-order valence-corrected chi connectivity index (χ3v) is 4.00. The predicted octanol–water partition coefficient (Wildman–Crippen LogP) is 3.73. The van der Waals surface area contributed by atoms with Crippen molar-refractivity contribution in [1.29, 1.82) is 0 Å². The normalized spacial score (nSPS) is 18.9. The molecule has 104 valence electrons. The smallest absolute Gasteiger partial charge is 0.0906 e. The minimum atomic E-state index is 0.649. The average molecular weight is 267 g/mol. The zero-order chi connectivity index (χ0) is 13.9. The van der Waals surface area contributed by atoms with Crippen LogP contribution in [0.25, 0.3) is 0 Å². The van der Waals surface area contributed by atoms with Crippen LogP contribution in [0.2, 0.25) is 0 Å². The van der Waals surface area contributed by atoms with Gasteiger partial charge in [-0.25, -0.2) is 0 Å². The van der Waals surface area contributed by atoms with Crippen molar-refractivity contribution < 1.29 is 0 Å². The lowest BCUT2D eigenvalue weighted by atomic mass is 10.0. The van der Waals surface area contributed by atoms with Crippen LogP contribution < -0.4 is 10.7 Å². The van der Waals surface area contributed by atoms with Crippen molar-refractivity contribution in [1.82, 2.24) is 5.43 Å². The van der Waals surface area contributed by atoms with E-state index in [1.165, 1.54) is 36.9 Å². The highest BCUT2D eigenvalue weighted by molar-refractivity contribution is 6.09. The Labute approximate surface area is 120 Å². The molecule has 0 aromatic heterocycles. The largest absolute Gasteiger partial charge is 0.382 e. The molecule has 1 saturated carbocycles. The van der Waals surface area contributed by atoms with Gasteiger partial charge in [-0.05, 0) is 49.6 Å². The van der Waals surface area contributed by atoms with Crippen LogP contribution in [0.15, 0.2) is 47.7 Å². The monoisotopic (exact) mass is 267 g/mol. The predicted molar refractivity (Wildman–Crippen MR) is 85.0 cm³/mol. The first kappa shape index (κ1) is 13.0. The Bertz CT molecular complexity index is 578. The minimum absolute atomic E-state index is 0.649. The quantitative estimate of drug-likeness (QED) is 0.875. The van der Waals surface area contributed by atoms with Gasteiger partial charge in [-0.2, -0.15) is 5.10 Å². The molecule has 0 bridgehead atoms. The highest BCUT2D eigenvalue weighted by Gasteiger charge is 2.15. The van der Waals surface area contributed by atoms with E-state index in [2.05, 4.69) is 47.5 Å². The Morgan fingerprint density at radius 3 is 2.70 bits per heavy atom. The van der Waals surface area contributed by atoms with Crippen LogP contribution in [0.3, 0.4) is 0 Å². The van der Waals surface area contributed by atoms with Gasteiger partial charge < -0.3 is 5.32 Å². The first-order valence-corrected chi connectivity index (χ1v) is 7.30. The fourth-order valence-corrected chi connectivity index (χ4v) is 2.82.